The van der Waals surface area contributed by atoms with E-state index in [0.717, 1.165) is 13.1 Å². The molecule has 0 aromatic heterocycles. The van der Waals surface area contributed by atoms with Crippen LogP contribution >= 0.6 is 0 Å². The molecule has 1 N–H and O–H groups in total. The number of hydrogen-bond donors (Lipinski definition) is 1. The molecule has 78 valence electrons. The maximum atomic E-state index is 11.9. The summed E-state index contributed by atoms with van der Waals surface area (Å²) in [4.78, 5) is 0. The molecule has 3 unspecified atom stereocenters. The Labute approximate surface area is 83.5 Å². The van der Waals surface area contributed by atoms with Gasteiger partial charge in [-0.2, -0.15) is 0 Å². The highest BCUT2D eigenvalue weighted by Crippen LogP contribution is 2.15. The molecule has 0 spiro atoms. The Morgan fingerprint density at radius 1 is 1.31 bits per heavy atom. The first-order valence-electron chi connectivity index (χ1n) is 4.93. The Hall–Kier alpha value is 0.0700. The van der Waals surface area contributed by atoms with Crippen molar-refractivity contribution < 1.29 is 4.21 Å². The van der Waals surface area contributed by atoms with Crippen molar-refractivity contribution in [3.8, 4) is 0 Å². The summed E-state index contributed by atoms with van der Waals surface area (Å²) in [6.07, 6.45) is 0. The Bertz CT molecular complexity index is 186. The van der Waals surface area contributed by atoms with Gasteiger partial charge in [-0.1, -0.05) is 0 Å². The number of piperazine rings is 1. The number of hydrogen-bond acceptors (Lipinski definition) is 2. The topological polar surface area (TPSA) is 32.3 Å². The van der Waals surface area contributed by atoms with Crippen molar-refractivity contribution in [2.24, 2.45) is 0 Å². The SMILES string of the molecule is CC1CNCC(C)N1S(=O)C(C)C. The van der Waals surface area contributed by atoms with Gasteiger partial charge in [0, 0.05) is 30.4 Å². The van der Waals surface area contributed by atoms with Gasteiger partial charge < -0.3 is 5.32 Å². The number of rotatable bonds is 2. The molecule has 0 bridgehead atoms. The highest BCUT2D eigenvalue weighted by atomic mass is 32.2. The molecule has 1 aliphatic heterocycles. The molecule has 1 rings (SSSR count). The third-order valence-corrected chi connectivity index (χ3v) is 4.30. The lowest BCUT2D eigenvalue weighted by atomic mass is 10.2. The van der Waals surface area contributed by atoms with E-state index in [1.807, 2.05) is 13.8 Å². The molecule has 3 atom stereocenters. The molecule has 0 amide bonds. The van der Waals surface area contributed by atoms with Crippen LogP contribution in [-0.2, 0) is 11.0 Å². The van der Waals surface area contributed by atoms with E-state index in [9.17, 15) is 4.21 Å². The van der Waals surface area contributed by atoms with Crippen LogP contribution < -0.4 is 5.32 Å². The van der Waals surface area contributed by atoms with E-state index in [-0.39, 0.29) is 5.25 Å². The second kappa shape index (κ2) is 4.53. The second-order valence-corrected chi connectivity index (χ2v) is 5.96. The van der Waals surface area contributed by atoms with Crippen molar-refractivity contribution in [3.63, 3.8) is 0 Å². The van der Waals surface area contributed by atoms with Gasteiger partial charge in [-0.25, -0.2) is 8.51 Å². The van der Waals surface area contributed by atoms with Gasteiger partial charge in [0.15, 0.2) is 0 Å². The van der Waals surface area contributed by atoms with E-state index >= 15 is 0 Å². The van der Waals surface area contributed by atoms with Crippen molar-refractivity contribution in [3.05, 3.63) is 0 Å². The molecule has 4 heteroatoms. The fraction of sp³-hybridized carbons (Fsp3) is 1.00. The second-order valence-electron chi connectivity index (χ2n) is 4.04. The van der Waals surface area contributed by atoms with Gasteiger partial charge in [-0.05, 0) is 27.7 Å². The molecule has 0 radical (unpaired) electrons. The zero-order valence-electron chi connectivity index (χ0n) is 8.91. The van der Waals surface area contributed by atoms with E-state index in [2.05, 4.69) is 23.5 Å². The van der Waals surface area contributed by atoms with Gasteiger partial charge in [-0.3, -0.25) is 0 Å². The standard InChI is InChI=1S/C9H20N2OS/c1-7(2)13(12)11-8(3)5-10-6-9(11)4/h7-10H,5-6H2,1-4H3. The van der Waals surface area contributed by atoms with Crippen LogP contribution in [0.3, 0.4) is 0 Å². The monoisotopic (exact) mass is 204 g/mol. The predicted molar refractivity (Wildman–Crippen MR) is 56.9 cm³/mol. The van der Waals surface area contributed by atoms with Gasteiger partial charge >= 0.3 is 0 Å². The molecule has 0 aromatic rings. The minimum absolute atomic E-state index is 0.225. The first-order chi connectivity index (χ1) is 6.04. The van der Waals surface area contributed by atoms with Gasteiger partial charge in [0.25, 0.3) is 0 Å². The van der Waals surface area contributed by atoms with Gasteiger partial charge in [0.05, 0.1) is 11.0 Å². The van der Waals surface area contributed by atoms with Crippen LogP contribution in [0.15, 0.2) is 0 Å². The molecule has 0 saturated carbocycles. The maximum absolute atomic E-state index is 11.9. The maximum Gasteiger partial charge on any atom is 0.0974 e. The van der Waals surface area contributed by atoms with Gasteiger partial charge in [0.1, 0.15) is 0 Å². The van der Waals surface area contributed by atoms with Crippen molar-refractivity contribution in [1.29, 1.82) is 0 Å². The summed E-state index contributed by atoms with van der Waals surface area (Å²) >= 11 is 0. The lowest BCUT2D eigenvalue weighted by Gasteiger charge is -2.38. The zero-order valence-corrected chi connectivity index (χ0v) is 9.73. The Morgan fingerprint density at radius 2 is 1.77 bits per heavy atom. The summed E-state index contributed by atoms with van der Waals surface area (Å²) in [5.74, 6) is 0. The summed E-state index contributed by atoms with van der Waals surface area (Å²) in [6, 6.07) is 0.763. The minimum atomic E-state index is -0.825. The summed E-state index contributed by atoms with van der Waals surface area (Å²) in [5, 5.41) is 3.56. The Morgan fingerprint density at radius 3 is 2.15 bits per heavy atom. The Kier molecular flexibility index (Phi) is 3.88. The van der Waals surface area contributed by atoms with E-state index in [0.29, 0.717) is 12.1 Å². The number of nitrogens with one attached hydrogen (secondary N) is 1. The molecule has 0 aliphatic carbocycles. The van der Waals surface area contributed by atoms with Crippen LogP contribution in [0.25, 0.3) is 0 Å². The zero-order chi connectivity index (χ0) is 10.0. The van der Waals surface area contributed by atoms with E-state index in [1.165, 1.54) is 0 Å². The quantitative estimate of drug-likeness (QED) is 0.719. The highest BCUT2D eigenvalue weighted by Gasteiger charge is 2.30. The van der Waals surface area contributed by atoms with Crippen molar-refractivity contribution in [2.75, 3.05) is 13.1 Å². The summed E-state index contributed by atoms with van der Waals surface area (Å²) < 4.78 is 14.1. The van der Waals surface area contributed by atoms with Crippen LogP contribution in [0.1, 0.15) is 27.7 Å². The largest absolute Gasteiger partial charge is 0.314 e. The molecule has 3 nitrogen and oxygen atoms in total. The van der Waals surface area contributed by atoms with E-state index in [4.69, 9.17) is 0 Å². The van der Waals surface area contributed by atoms with Crippen molar-refractivity contribution in [2.45, 2.75) is 45.0 Å². The van der Waals surface area contributed by atoms with Crippen LogP contribution in [0, 0.1) is 0 Å². The first-order valence-corrected chi connectivity index (χ1v) is 6.10. The average molecular weight is 204 g/mol. The van der Waals surface area contributed by atoms with E-state index in [1.54, 1.807) is 0 Å². The molecule has 1 aliphatic rings. The fourth-order valence-electron chi connectivity index (χ4n) is 1.71. The van der Waals surface area contributed by atoms with Crippen molar-refractivity contribution >= 4 is 11.0 Å². The fourth-order valence-corrected chi connectivity index (χ4v) is 3.06. The molecule has 1 fully saturated rings. The van der Waals surface area contributed by atoms with Crippen LogP contribution in [0.4, 0.5) is 0 Å². The normalized spacial score (nSPS) is 33.6. The van der Waals surface area contributed by atoms with Crippen molar-refractivity contribution in [1.82, 2.24) is 9.62 Å². The Balaban J connectivity index is 2.68. The van der Waals surface area contributed by atoms with Crippen LogP contribution in [0.5, 0.6) is 0 Å². The number of nitrogens with zero attached hydrogens (tertiary/aromatic N) is 1. The smallest absolute Gasteiger partial charge is 0.0974 e. The molecule has 13 heavy (non-hydrogen) atoms. The summed E-state index contributed by atoms with van der Waals surface area (Å²) in [5.41, 5.74) is 0. The molecule has 1 saturated heterocycles. The average Bonchev–Trinajstić information content (AvgIpc) is 2.03. The lowest BCUT2D eigenvalue weighted by molar-refractivity contribution is 0.229. The summed E-state index contributed by atoms with van der Waals surface area (Å²) in [6.45, 7) is 10.2. The molecule has 0 aromatic carbocycles. The molecule has 1 heterocycles. The molecular formula is C9H20N2OS. The van der Waals surface area contributed by atoms with Gasteiger partial charge in [0.2, 0.25) is 0 Å². The highest BCUT2D eigenvalue weighted by molar-refractivity contribution is 7.83. The van der Waals surface area contributed by atoms with Crippen LogP contribution in [0.2, 0.25) is 0 Å². The predicted octanol–water partition coefficient (Wildman–Crippen LogP) is 0.741. The van der Waals surface area contributed by atoms with Crippen LogP contribution in [-0.4, -0.2) is 38.9 Å². The van der Waals surface area contributed by atoms with E-state index < -0.39 is 11.0 Å². The third-order valence-electron chi connectivity index (χ3n) is 2.36. The first kappa shape index (κ1) is 11.1. The van der Waals surface area contributed by atoms with Gasteiger partial charge in [-0.15, -0.1) is 0 Å². The third kappa shape index (κ3) is 2.51. The lowest BCUT2D eigenvalue weighted by Crippen LogP contribution is -2.56. The molecular weight excluding hydrogens is 184 g/mol. The minimum Gasteiger partial charge on any atom is -0.314 e. The summed E-state index contributed by atoms with van der Waals surface area (Å²) in [7, 11) is -0.825.